The number of imide groups is 1. The van der Waals surface area contributed by atoms with E-state index < -0.39 is 74.7 Å². The summed E-state index contributed by atoms with van der Waals surface area (Å²) in [5, 5.41) is 6.50. The van der Waals surface area contributed by atoms with E-state index in [4.69, 9.17) is 0 Å². The Bertz CT molecular complexity index is 1040. The summed E-state index contributed by atoms with van der Waals surface area (Å²) in [5.74, 6) is -5.11. The summed E-state index contributed by atoms with van der Waals surface area (Å²) in [4.78, 5) is 74.1. The molecule has 5 amide bonds. The molecule has 0 aliphatic carbocycles. The second kappa shape index (κ2) is 15.0. The summed E-state index contributed by atoms with van der Waals surface area (Å²) in [6.45, 7) is 6.44. The number of unbranched alkanes of at least 4 members (excludes halogenated alkanes) is 2. The van der Waals surface area contributed by atoms with Gasteiger partial charge >= 0.3 is 0 Å². The maximum absolute atomic E-state index is 12.9. The van der Waals surface area contributed by atoms with Crippen molar-refractivity contribution in [3.8, 4) is 0 Å². The molecule has 1 aliphatic heterocycles. The van der Waals surface area contributed by atoms with Crippen LogP contribution in [0.4, 0.5) is 0 Å². The molecule has 0 aromatic heterocycles. The van der Waals surface area contributed by atoms with E-state index in [1.165, 1.54) is 19.1 Å². The molecular weight excluding hydrogens is 540 g/mol. The maximum Gasteiger partial charge on any atom is 0.267 e. The minimum atomic E-state index is -4.68. The topological polar surface area (TPSA) is 196 Å². The number of carbonyl (C=O) groups is 6. The molecule has 214 valence electrons. The fourth-order valence-electron chi connectivity index (χ4n) is 3.57. The van der Waals surface area contributed by atoms with Crippen molar-refractivity contribution in [2.45, 2.75) is 76.8 Å². The second-order valence-corrected chi connectivity index (χ2v) is 11.7. The van der Waals surface area contributed by atoms with Crippen molar-refractivity contribution in [3.63, 3.8) is 0 Å². The van der Waals surface area contributed by atoms with Crippen LogP contribution in [-0.2, 0) is 38.9 Å². The van der Waals surface area contributed by atoms with Crippen LogP contribution < -0.4 is 16.0 Å². The molecule has 0 bridgehead atoms. The van der Waals surface area contributed by atoms with E-state index in [0.717, 1.165) is 4.90 Å². The first-order valence-electron chi connectivity index (χ1n) is 12.1. The molecular formula is C23H36N4O9S2. The van der Waals surface area contributed by atoms with Gasteiger partial charge in [-0.25, -0.2) is 0 Å². The van der Waals surface area contributed by atoms with Gasteiger partial charge in [0.15, 0.2) is 5.78 Å². The number of thiol groups is 1. The predicted molar refractivity (Wildman–Crippen MR) is 141 cm³/mol. The third-order valence-corrected chi connectivity index (χ3v) is 6.67. The lowest BCUT2D eigenvalue weighted by atomic mass is 10.0. The quantitative estimate of drug-likeness (QED) is 0.0688. The highest BCUT2D eigenvalue weighted by Gasteiger charge is 2.32. The average Bonchev–Trinajstić information content (AvgIpc) is 3.11. The van der Waals surface area contributed by atoms with Gasteiger partial charge in [0.05, 0.1) is 11.3 Å². The number of ketones is 1. The lowest BCUT2D eigenvalue weighted by Crippen LogP contribution is -2.58. The van der Waals surface area contributed by atoms with Crippen molar-refractivity contribution in [1.82, 2.24) is 20.9 Å². The Hall–Kier alpha value is -2.78. The highest BCUT2D eigenvalue weighted by molar-refractivity contribution is 7.85. The van der Waals surface area contributed by atoms with Crippen LogP contribution in [0.2, 0.25) is 0 Å². The van der Waals surface area contributed by atoms with Crippen LogP contribution in [0.3, 0.4) is 0 Å². The molecule has 0 radical (unpaired) electrons. The van der Waals surface area contributed by atoms with Gasteiger partial charge in [0.25, 0.3) is 21.9 Å². The number of nitrogens with zero attached hydrogens (tertiary/aromatic N) is 1. The van der Waals surface area contributed by atoms with E-state index in [2.05, 4.69) is 28.6 Å². The summed E-state index contributed by atoms with van der Waals surface area (Å²) >= 11 is 4.04. The van der Waals surface area contributed by atoms with Crippen LogP contribution >= 0.6 is 12.6 Å². The Morgan fingerprint density at radius 2 is 1.50 bits per heavy atom. The molecule has 0 aromatic carbocycles. The van der Waals surface area contributed by atoms with E-state index in [9.17, 15) is 41.7 Å². The van der Waals surface area contributed by atoms with E-state index in [-0.39, 0.29) is 18.7 Å². The minimum Gasteiger partial charge on any atom is -0.345 e. The number of hydrogen-bond donors (Lipinski definition) is 5. The zero-order valence-corrected chi connectivity index (χ0v) is 23.5. The Balaban J connectivity index is 2.72. The van der Waals surface area contributed by atoms with Gasteiger partial charge < -0.3 is 16.0 Å². The highest BCUT2D eigenvalue weighted by atomic mass is 32.2. The zero-order chi connectivity index (χ0) is 29.2. The van der Waals surface area contributed by atoms with Gasteiger partial charge in [-0.3, -0.25) is 38.2 Å². The van der Waals surface area contributed by atoms with Gasteiger partial charge in [0, 0.05) is 25.1 Å². The predicted octanol–water partition coefficient (Wildman–Crippen LogP) is -0.623. The lowest BCUT2D eigenvalue weighted by molar-refractivity contribution is -0.137. The molecule has 38 heavy (non-hydrogen) atoms. The van der Waals surface area contributed by atoms with E-state index >= 15 is 0 Å². The molecule has 1 unspecified atom stereocenters. The second-order valence-electron chi connectivity index (χ2n) is 9.38. The molecule has 1 aliphatic rings. The van der Waals surface area contributed by atoms with Crippen molar-refractivity contribution in [2.75, 3.05) is 12.3 Å². The molecule has 0 spiro atoms. The molecule has 0 fully saturated rings. The molecule has 1 heterocycles. The summed E-state index contributed by atoms with van der Waals surface area (Å²) < 4.78 is 32.2. The number of Topliss-reactive ketones (excluding diaryl/α,β-unsaturated/α-hetero) is 1. The molecule has 0 saturated carbocycles. The largest absolute Gasteiger partial charge is 0.345 e. The van der Waals surface area contributed by atoms with Crippen LogP contribution in [0.1, 0.15) is 53.4 Å². The summed E-state index contributed by atoms with van der Waals surface area (Å²) in [6, 6.07) is -3.74. The lowest BCUT2D eigenvalue weighted by Gasteiger charge is -2.26. The molecule has 4 N–H and O–H groups in total. The van der Waals surface area contributed by atoms with Crippen LogP contribution in [0.15, 0.2) is 12.2 Å². The first-order valence-corrected chi connectivity index (χ1v) is 14.3. The van der Waals surface area contributed by atoms with Crippen molar-refractivity contribution < 1.29 is 41.7 Å². The van der Waals surface area contributed by atoms with Gasteiger partial charge in [0.1, 0.15) is 17.8 Å². The van der Waals surface area contributed by atoms with Gasteiger partial charge in [0.2, 0.25) is 17.7 Å². The third-order valence-electron chi connectivity index (χ3n) is 5.66. The zero-order valence-electron chi connectivity index (χ0n) is 21.8. The maximum atomic E-state index is 12.9. The first-order chi connectivity index (χ1) is 17.5. The molecule has 0 saturated heterocycles. The molecule has 0 aromatic rings. The third kappa shape index (κ3) is 11.3. The monoisotopic (exact) mass is 576 g/mol. The highest BCUT2D eigenvalue weighted by Crippen LogP contribution is 2.09. The summed E-state index contributed by atoms with van der Waals surface area (Å²) in [6.07, 6.45) is 3.49. The summed E-state index contributed by atoms with van der Waals surface area (Å²) in [7, 11) is -4.68. The number of carbonyl (C=O) groups excluding carboxylic acids is 6. The SMILES string of the molecule is CC(S)C(=O)[C@H](C)NC(=O)[C@@H](NC(=O)[C@H](CS(=O)(=O)O)NC(=O)CCCCCN1C(=O)C=CC1=O)C(C)C. The standard InChI is InChI=1S/C23H36N4O9S2/c1-13(2)20(23(33)24-14(3)21(31)15(4)37)26-22(32)16(12-38(34,35)36)25-17(28)8-6-5-7-11-27-18(29)9-10-19(27)30/h9-10,13-16,20,37H,5-8,11-12H2,1-4H3,(H,24,33)(H,25,28)(H,26,32)(H,34,35,36)/t14-,15?,16-,20-/m0/s1. The van der Waals surface area contributed by atoms with Crippen molar-refractivity contribution in [2.24, 2.45) is 5.92 Å². The Labute approximate surface area is 227 Å². The molecule has 15 heteroatoms. The smallest absolute Gasteiger partial charge is 0.267 e. The molecule has 13 nitrogen and oxygen atoms in total. The van der Waals surface area contributed by atoms with Crippen LogP contribution in [0.25, 0.3) is 0 Å². The minimum absolute atomic E-state index is 0.0922. The van der Waals surface area contributed by atoms with Gasteiger partial charge in [-0.1, -0.05) is 20.3 Å². The van der Waals surface area contributed by atoms with Crippen LogP contribution in [0.5, 0.6) is 0 Å². The van der Waals surface area contributed by atoms with Crippen LogP contribution in [-0.4, -0.2) is 88.9 Å². The van der Waals surface area contributed by atoms with Crippen molar-refractivity contribution in [3.05, 3.63) is 12.2 Å². The van der Waals surface area contributed by atoms with E-state index in [0.29, 0.717) is 19.3 Å². The summed E-state index contributed by atoms with van der Waals surface area (Å²) in [5.41, 5.74) is 0. The van der Waals surface area contributed by atoms with E-state index in [1.807, 2.05) is 0 Å². The number of hydrogen-bond acceptors (Lipinski definition) is 9. The fraction of sp³-hybridized carbons (Fsp3) is 0.652. The van der Waals surface area contributed by atoms with Gasteiger partial charge in [-0.15, -0.1) is 0 Å². The number of nitrogens with one attached hydrogen (secondary N) is 3. The Morgan fingerprint density at radius 3 is 2.00 bits per heavy atom. The normalized spacial score (nSPS) is 16.7. The number of rotatable bonds is 16. The van der Waals surface area contributed by atoms with E-state index in [1.54, 1.807) is 20.8 Å². The van der Waals surface area contributed by atoms with Gasteiger partial charge in [-0.2, -0.15) is 21.0 Å². The Kier molecular flexibility index (Phi) is 13.1. The molecule has 1 rings (SSSR count). The van der Waals surface area contributed by atoms with Gasteiger partial charge in [-0.05, 0) is 32.6 Å². The average molecular weight is 577 g/mol. The molecule has 4 atom stereocenters. The number of amides is 5. The first kappa shape index (κ1) is 33.2. The Morgan fingerprint density at radius 1 is 0.921 bits per heavy atom. The fourth-order valence-corrected chi connectivity index (χ4v) is 4.45. The van der Waals surface area contributed by atoms with Crippen molar-refractivity contribution in [1.29, 1.82) is 0 Å². The van der Waals surface area contributed by atoms with Crippen molar-refractivity contribution >= 4 is 58.1 Å². The van der Waals surface area contributed by atoms with Crippen LogP contribution in [0, 0.1) is 5.92 Å².